The van der Waals surface area contributed by atoms with Crippen LogP contribution in [0.4, 0.5) is 0 Å². The van der Waals surface area contributed by atoms with Gasteiger partial charge in [-0.1, -0.05) is 36.4 Å². The molecule has 4 aromatic rings. The van der Waals surface area contributed by atoms with Gasteiger partial charge in [0, 0.05) is 40.9 Å². The number of hydrogen-bond acceptors (Lipinski definition) is 25. The summed E-state index contributed by atoms with van der Waals surface area (Å²) in [6, 6.07) is 21.4. The van der Waals surface area contributed by atoms with Gasteiger partial charge >= 0.3 is 54.7 Å². The van der Waals surface area contributed by atoms with Gasteiger partial charge in [-0.25, -0.2) is 9.59 Å². The Hall–Kier alpha value is -7.48. The average molecular weight is 1150 g/mol. The predicted octanol–water partition coefficient (Wildman–Crippen LogP) is -0.0944. The van der Waals surface area contributed by atoms with E-state index in [4.69, 9.17) is 57.2 Å². The zero-order valence-corrected chi connectivity index (χ0v) is 45.5. The van der Waals surface area contributed by atoms with Crippen LogP contribution in [-0.2, 0) is 70.3 Å². The maximum absolute atomic E-state index is 12.2. The minimum absolute atomic E-state index is 0. The molecule has 0 spiro atoms. The Balaban J connectivity index is 0.000000404. The van der Waals surface area contributed by atoms with Crippen molar-refractivity contribution in [3.8, 4) is 23.0 Å². The second kappa shape index (κ2) is 34.1. The van der Waals surface area contributed by atoms with E-state index in [1.807, 2.05) is 0 Å². The molecule has 3 fully saturated rings. The molecule has 3 heterocycles. The molecule has 0 radical (unpaired) electrons. The van der Waals surface area contributed by atoms with Crippen LogP contribution in [0.2, 0.25) is 0 Å². The number of carboxylic acid groups (broad SMARTS) is 1. The predicted molar refractivity (Wildman–Crippen MR) is 272 cm³/mol. The summed E-state index contributed by atoms with van der Waals surface area (Å²) in [5.74, 6) is -4.38. The minimum atomic E-state index is -1.63. The van der Waals surface area contributed by atoms with Gasteiger partial charge in [-0.15, -0.1) is 0 Å². The van der Waals surface area contributed by atoms with Crippen molar-refractivity contribution in [1.82, 2.24) is 0 Å². The van der Waals surface area contributed by atoms with Gasteiger partial charge in [0.1, 0.15) is 73.3 Å². The van der Waals surface area contributed by atoms with Crippen molar-refractivity contribution in [3.05, 3.63) is 118 Å². The Bertz CT molecular complexity index is 2720. The quantitative estimate of drug-likeness (QED) is 0.0334. The largest absolute Gasteiger partial charge is 1.00 e. The Morgan fingerprint density at radius 2 is 1.02 bits per heavy atom. The van der Waals surface area contributed by atoms with Crippen LogP contribution < -0.4 is 37.8 Å². The molecule has 26 nitrogen and oxygen atoms in total. The van der Waals surface area contributed by atoms with Crippen molar-refractivity contribution in [3.63, 3.8) is 0 Å². The van der Waals surface area contributed by atoms with Crippen LogP contribution in [0.25, 0.3) is 0 Å². The molecule has 0 aliphatic carbocycles. The number of carboxylic acids is 1. The van der Waals surface area contributed by atoms with Crippen molar-refractivity contribution in [2.45, 2.75) is 115 Å². The molecule has 4 aromatic carbocycles. The van der Waals surface area contributed by atoms with E-state index < -0.39 is 110 Å². The molecule has 0 amide bonds. The fourth-order valence-corrected chi connectivity index (χ4v) is 7.87. The van der Waals surface area contributed by atoms with Gasteiger partial charge in [0.2, 0.25) is 18.7 Å². The van der Waals surface area contributed by atoms with E-state index in [0.717, 1.165) is 40.9 Å². The molecular formula is C55H63LiO26. The van der Waals surface area contributed by atoms with Crippen LogP contribution in [0.5, 0.6) is 23.0 Å². The first-order valence-electron chi connectivity index (χ1n) is 24.7. The van der Waals surface area contributed by atoms with Gasteiger partial charge in [0.25, 0.3) is 0 Å². The number of aliphatic hydroxyl groups excluding tert-OH is 4. The molecule has 6 N–H and O–H groups in total. The number of hydrogen-bond donors (Lipinski definition) is 5. The number of benzene rings is 4. The minimum Gasteiger partial charge on any atom is -0.870 e. The Kier molecular flexibility index (Phi) is 28.6. The molecular weight excluding hydrogens is 1080 g/mol. The van der Waals surface area contributed by atoms with Crippen molar-refractivity contribution >= 4 is 48.4 Å². The maximum atomic E-state index is 12.2. The maximum Gasteiger partial charge on any atom is 1.00 e. The molecule has 3 aliphatic heterocycles. The average Bonchev–Trinajstić information content (AvgIpc) is 4.19. The van der Waals surface area contributed by atoms with E-state index in [1.54, 1.807) is 36.4 Å². The van der Waals surface area contributed by atoms with E-state index >= 15 is 0 Å². The fraction of sp³-hybridized carbons (Fsp3) is 0.418. The van der Waals surface area contributed by atoms with E-state index in [2.05, 4.69) is 4.74 Å². The van der Waals surface area contributed by atoms with Gasteiger partial charge in [0.15, 0.2) is 24.8 Å². The molecule has 0 saturated carbocycles. The van der Waals surface area contributed by atoms with Crippen molar-refractivity contribution in [1.29, 1.82) is 0 Å². The number of carbonyl (C=O) groups excluding carboxylic acids is 7. The SMILES string of the molecule is C1CCOC1.COC(=O)c1ccc(COc2cccc(OC3O[C@H](COC(C)=O)[C@@H](OC(C)=O)[C@H](OC(C)=O)[C@H]3OC(C)=O)c2C=O)cc1.O=Cc1c(OCc2ccc(C(=O)O)cc2)cccc1OC1O[C@H](CO)[C@@H](O)[C@H](O)[C@H]1O.[Li+].[OH-]. The molecule has 10 atom stereocenters. The second-order valence-electron chi connectivity index (χ2n) is 17.7. The summed E-state index contributed by atoms with van der Waals surface area (Å²) in [6.07, 6.45) is -11.0. The summed E-state index contributed by atoms with van der Waals surface area (Å²) in [7, 11) is 1.27. The van der Waals surface area contributed by atoms with Crippen LogP contribution in [-0.4, -0.2) is 174 Å². The summed E-state index contributed by atoms with van der Waals surface area (Å²) in [5, 5.41) is 48.1. The Morgan fingerprint density at radius 1 is 0.573 bits per heavy atom. The van der Waals surface area contributed by atoms with Crippen LogP contribution in [0, 0.1) is 0 Å². The fourth-order valence-electron chi connectivity index (χ4n) is 7.87. The molecule has 440 valence electrons. The summed E-state index contributed by atoms with van der Waals surface area (Å²) in [6.45, 7) is 5.44. The molecule has 2 unspecified atom stereocenters. The van der Waals surface area contributed by atoms with Gasteiger partial charge in [0.05, 0.1) is 36.0 Å². The third kappa shape index (κ3) is 19.9. The first-order chi connectivity index (χ1) is 38.3. The van der Waals surface area contributed by atoms with E-state index in [-0.39, 0.29) is 77.2 Å². The molecule has 7 rings (SSSR count). The number of methoxy groups -OCH3 is 1. The summed E-state index contributed by atoms with van der Waals surface area (Å²) in [4.78, 5) is 94.1. The van der Waals surface area contributed by atoms with E-state index in [0.29, 0.717) is 29.3 Å². The van der Waals surface area contributed by atoms with Crippen LogP contribution in [0.15, 0.2) is 84.9 Å². The number of carbonyl (C=O) groups is 8. The monoisotopic (exact) mass is 1150 g/mol. The first-order valence-corrected chi connectivity index (χ1v) is 24.7. The number of esters is 5. The number of aromatic carboxylic acids is 1. The normalized spacial score (nSPS) is 22.3. The molecule has 3 aliphatic rings. The summed E-state index contributed by atoms with van der Waals surface area (Å²) in [5.41, 5.74) is 1.81. The molecule has 27 heteroatoms. The van der Waals surface area contributed by atoms with E-state index in [1.165, 1.54) is 68.5 Å². The Labute approximate surface area is 481 Å². The first kappa shape index (κ1) is 68.8. The molecule has 0 aromatic heterocycles. The van der Waals surface area contributed by atoms with Crippen LogP contribution in [0.3, 0.4) is 0 Å². The zero-order chi connectivity index (χ0) is 58.5. The van der Waals surface area contributed by atoms with E-state index in [9.17, 15) is 58.8 Å². The number of rotatable bonds is 20. The van der Waals surface area contributed by atoms with Gasteiger partial charge in [-0.3, -0.25) is 28.8 Å². The number of aliphatic hydroxyl groups is 4. The second-order valence-corrected chi connectivity index (χ2v) is 17.7. The zero-order valence-electron chi connectivity index (χ0n) is 45.5. The molecule has 82 heavy (non-hydrogen) atoms. The third-order valence-electron chi connectivity index (χ3n) is 11.8. The summed E-state index contributed by atoms with van der Waals surface area (Å²) >= 11 is 0. The van der Waals surface area contributed by atoms with Gasteiger partial charge in [-0.2, -0.15) is 0 Å². The summed E-state index contributed by atoms with van der Waals surface area (Å²) < 4.78 is 65.1. The molecule has 3 saturated heterocycles. The Morgan fingerprint density at radius 3 is 1.45 bits per heavy atom. The van der Waals surface area contributed by atoms with Crippen molar-refractivity contribution < 1.29 is 145 Å². The number of aldehydes is 2. The van der Waals surface area contributed by atoms with Crippen LogP contribution in [0.1, 0.15) is 93.1 Å². The van der Waals surface area contributed by atoms with Crippen molar-refractivity contribution in [2.24, 2.45) is 0 Å². The standard InChI is InChI=1S/C30H32O14.C21H22O10.C4H8O.Li.H2O/c1-16(32)38-15-25-26(40-17(2)33)27(41-18(3)34)28(42-19(4)35)30(44-25)43-24-8-6-7-23(22(24)13-31)39-14-20-9-11-21(12-10-20)29(36)37-5;22-8-13-14(29-10-11-4-6-12(7-5-11)20(27)28)2-1-3-15(13)30-21-19(26)18(25)17(24)16(9-23)31-21;1-2-4-5-3-1;;/h6-13,25-28,30H,14-15H2,1-5H3;1-8,16-19,21,23-26H,9-10H2,(H,27,28);1-4H2;;1H2/q;;;+1;/p-1/t25-,26-,27+,28-,30?;16-,17-,18+,19-,21?;;;/m11.../s1. The van der Waals surface area contributed by atoms with Crippen LogP contribution >= 0.6 is 0 Å². The topological polar surface area (TPSA) is 378 Å². The van der Waals surface area contributed by atoms with Gasteiger partial charge < -0.3 is 87.9 Å². The third-order valence-corrected chi connectivity index (χ3v) is 11.8. The number of ether oxygens (including phenoxy) is 12. The van der Waals surface area contributed by atoms with Crippen molar-refractivity contribution in [2.75, 3.05) is 33.5 Å². The molecule has 0 bridgehead atoms. The smallest absolute Gasteiger partial charge is 0.870 e. The van der Waals surface area contributed by atoms with Gasteiger partial charge in [-0.05, 0) is 72.5 Å².